The standard InChI is InChI=1S/C24H27N5S/c1-19(20-8-4-2-5-9-20)26-24(30)27-21-12-13-23(25-18-21)29-16-14-28(15-17-29)22-10-6-3-7-11-22/h2-13,18-19H,14-17H2,1H3,(H2,26,27,30). The van der Waals surface area contributed by atoms with Crippen molar-refractivity contribution in [2.24, 2.45) is 0 Å². The number of piperazine rings is 1. The minimum atomic E-state index is 0.138. The Hall–Kier alpha value is -3.12. The Morgan fingerprint density at radius 2 is 1.50 bits per heavy atom. The van der Waals surface area contributed by atoms with Gasteiger partial charge in [0.1, 0.15) is 5.82 Å². The first-order valence-corrected chi connectivity index (χ1v) is 10.7. The molecule has 1 unspecified atom stereocenters. The minimum Gasteiger partial charge on any atom is -0.368 e. The molecule has 1 fully saturated rings. The van der Waals surface area contributed by atoms with Crippen molar-refractivity contribution in [2.75, 3.05) is 41.3 Å². The fraction of sp³-hybridized carbons (Fsp3) is 0.250. The van der Waals surface area contributed by atoms with E-state index in [0.29, 0.717) is 5.11 Å². The first kappa shape index (κ1) is 20.2. The van der Waals surface area contributed by atoms with E-state index in [-0.39, 0.29) is 6.04 Å². The van der Waals surface area contributed by atoms with E-state index >= 15 is 0 Å². The van der Waals surface area contributed by atoms with Gasteiger partial charge in [0, 0.05) is 31.9 Å². The summed E-state index contributed by atoms with van der Waals surface area (Å²) in [6.45, 7) is 6.01. The molecule has 2 aromatic carbocycles. The maximum Gasteiger partial charge on any atom is 0.171 e. The smallest absolute Gasteiger partial charge is 0.171 e. The van der Waals surface area contributed by atoms with Crippen molar-refractivity contribution < 1.29 is 0 Å². The molecule has 3 aromatic rings. The number of pyridine rings is 1. The summed E-state index contributed by atoms with van der Waals surface area (Å²) < 4.78 is 0. The quantitative estimate of drug-likeness (QED) is 0.598. The number of aromatic nitrogens is 1. The molecule has 0 bridgehead atoms. The van der Waals surface area contributed by atoms with E-state index < -0.39 is 0 Å². The monoisotopic (exact) mass is 417 g/mol. The van der Waals surface area contributed by atoms with E-state index in [0.717, 1.165) is 37.7 Å². The highest BCUT2D eigenvalue weighted by Gasteiger charge is 2.18. The van der Waals surface area contributed by atoms with Gasteiger partial charge >= 0.3 is 0 Å². The van der Waals surface area contributed by atoms with Gasteiger partial charge in [-0.15, -0.1) is 0 Å². The first-order chi connectivity index (χ1) is 14.7. The third-order valence-corrected chi connectivity index (χ3v) is 5.60. The van der Waals surface area contributed by atoms with Crippen molar-refractivity contribution in [2.45, 2.75) is 13.0 Å². The van der Waals surface area contributed by atoms with Crippen molar-refractivity contribution in [3.63, 3.8) is 0 Å². The lowest BCUT2D eigenvalue weighted by molar-refractivity contribution is 0.647. The lowest BCUT2D eigenvalue weighted by atomic mass is 10.1. The second-order valence-electron chi connectivity index (χ2n) is 7.45. The second-order valence-corrected chi connectivity index (χ2v) is 7.85. The van der Waals surface area contributed by atoms with Crippen LogP contribution in [0.25, 0.3) is 0 Å². The van der Waals surface area contributed by atoms with Gasteiger partial charge in [-0.3, -0.25) is 0 Å². The normalized spacial score (nSPS) is 14.8. The molecule has 30 heavy (non-hydrogen) atoms. The Morgan fingerprint density at radius 3 is 2.13 bits per heavy atom. The van der Waals surface area contributed by atoms with Crippen molar-refractivity contribution in [1.29, 1.82) is 0 Å². The van der Waals surface area contributed by atoms with Gasteiger partial charge in [0.25, 0.3) is 0 Å². The predicted molar refractivity (Wildman–Crippen MR) is 129 cm³/mol. The number of hydrogen-bond acceptors (Lipinski definition) is 4. The molecule has 2 heterocycles. The Balaban J connectivity index is 1.28. The molecule has 5 nitrogen and oxygen atoms in total. The number of nitrogens with zero attached hydrogens (tertiary/aromatic N) is 3. The summed E-state index contributed by atoms with van der Waals surface area (Å²) in [6, 6.07) is 25.1. The SMILES string of the molecule is CC(NC(=S)Nc1ccc(N2CCN(c3ccccc3)CC2)nc1)c1ccccc1. The average Bonchev–Trinajstić information content (AvgIpc) is 2.81. The largest absolute Gasteiger partial charge is 0.368 e. The molecule has 1 aliphatic heterocycles. The van der Waals surface area contributed by atoms with Crippen molar-refractivity contribution in [3.8, 4) is 0 Å². The molecule has 4 rings (SSSR count). The molecule has 0 spiro atoms. The van der Waals surface area contributed by atoms with Gasteiger partial charge in [-0.05, 0) is 49.0 Å². The fourth-order valence-electron chi connectivity index (χ4n) is 3.67. The summed E-state index contributed by atoms with van der Waals surface area (Å²) in [6.07, 6.45) is 1.85. The van der Waals surface area contributed by atoms with Crippen molar-refractivity contribution >= 4 is 34.5 Å². The zero-order valence-electron chi connectivity index (χ0n) is 17.2. The van der Waals surface area contributed by atoms with Gasteiger partial charge in [-0.1, -0.05) is 48.5 Å². The van der Waals surface area contributed by atoms with Crippen LogP contribution in [-0.4, -0.2) is 36.3 Å². The van der Waals surface area contributed by atoms with E-state index in [1.165, 1.54) is 11.3 Å². The van der Waals surface area contributed by atoms with E-state index in [2.05, 4.69) is 80.9 Å². The Morgan fingerprint density at radius 1 is 0.867 bits per heavy atom. The summed E-state index contributed by atoms with van der Waals surface area (Å²) in [7, 11) is 0. The van der Waals surface area contributed by atoms with Crippen LogP contribution in [0.5, 0.6) is 0 Å². The van der Waals surface area contributed by atoms with E-state index in [1.807, 2.05) is 30.5 Å². The highest BCUT2D eigenvalue weighted by atomic mass is 32.1. The molecule has 6 heteroatoms. The molecular formula is C24H27N5S. The topological polar surface area (TPSA) is 43.4 Å². The van der Waals surface area contributed by atoms with Crippen LogP contribution >= 0.6 is 12.2 Å². The summed E-state index contributed by atoms with van der Waals surface area (Å²) in [4.78, 5) is 9.40. The van der Waals surface area contributed by atoms with Gasteiger partial charge in [-0.2, -0.15) is 0 Å². The molecule has 0 amide bonds. The summed E-state index contributed by atoms with van der Waals surface area (Å²) >= 11 is 5.46. The van der Waals surface area contributed by atoms with Crippen LogP contribution in [0.15, 0.2) is 79.0 Å². The van der Waals surface area contributed by atoms with Crippen LogP contribution in [0.1, 0.15) is 18.5 Å². The molecule has 2 N–H and O–H groups in total. The van der Waals surface area contributed by atoms with Crippen molar-refractivity contribution in [1.82, 2.24) is 10.3 Å². The predicted octanol–water partition coefficient (Wildman–Crippen LogP) is 4.46. The average molecular weight is 418 g/mol. The molecule has 1 aromatic heterocycles. The number of rotatable bonds is 5. The number of thiocarbonyl (C=S) groups is 1. The Bertz CT molecular complexity index is 938. The van der Waals surface area contributed by atoms with E-state index in [9.17, 15) is 0 Å². The first-order valence-electron chi connectivity index (χ1n) is 10.3. The number of para-hydroxylation sites is 1. The third-order valence-electron chi connectivity index (χ3n) is 5.38. The van der Waals surface area contributed by atoms with E-state index in [1.54, 1.807) is 0 Å². The maximum absolute atomic E-state index is 5.46. The van der Waals surface area contributed by atoms with Crippen LogP contribution in [0.4, 0.5) is 17.2 Å². The summed E-state index contributed by atoms with van der Waals surface area (Å²) in [5.74, 6) is 1.00. The lowest BCUT2D eigenvalue weighted by Crippen LogP contribution is -2.46. The number of benzene rings is 2. The fourth-order valence-corrected chi connectivity index (χ4v) is 3.96. The Kier molecular flexibility index (Phi) is 6.44. The zero-order chi connectivity index (χ0) is 20.8. The Labute approximate surface area is 183 Å². The molecule has 1 saturated heterocycles. The number of nitrogens with one attached hydrogen (secondary N) is 2. The number of anilines is 3. The van der Waals surface area contributed by atoms with Crippen LogP contribution in [0.2, 0.25) is 0 Å². The highest BCUT2D eigenvalue weighted by molar-refractivity contribution is 7.80. The van der Waals surface area contributed by atoms with Gasteiger partial charge in [-0.25, -0.2) is 4.98 Å². The molecule has 0 aliphatic carbocycles. The van der Waals surface area contributed by atoms with Crippen LogP contribution in [-0.2, 0) is 0 Å². The molecule has 154 valence electrons. The summed E-state index contributed by atoms with van der Waals surface area (Å²) in [5, 5.41) is 7.15. The molecule has 0 saturated carbocycles. The van der Waals surface area contributed by atoms with Gasteiger partial charge in [0.05, 0.1) is 17.9 Å². The van der Waals surface area contributed by atoms with Crippen LogP contribution in [0.3, 0.4) is 0 Å². The zero-order valence-corrected chi connectivity index (χ0v) is 18.0. The van der Waals surface area contributed by atoms with Crippen molar-refractivity contribution in [3.05, 3.63) is 84.6 Å². The highest BCUT2D eigenvalue weighted by Crippen LogP contribution is 2.20. The van der Waals surface area contributed by atoms with Crippen LogP contribution < -0.4 is 20.4 Å². The molecular weight excluding hydrogens is 390 g/mol. The second kappa shape index (κ2) is 9.59. The number of hydrogen-bond donors (Lipinski definition) is 2. The molecule has 1 atom stereocenters. The third kappa shape index (κ3) is 5.07. The van der Waals surface area contributed by atoms with Gasteiger partial charge < -0.3 is 20.4 Å². The van der Waals surface area contributed by atoms with Crippen LogP contribution in [0, 0.1) is 0 Å². The molecule has 1 aliphatic rings. The maximum atomic E-state index is 5.46. The van der Waals surface area contributed by atoms with E-state index in [4.69, 9.17) is 12.2 Å². The van der Waals surface area contributed by atoms with Gasteiger partial charge in [0.15, 0.2) is 5.11 Å². The molecule has 0 radical (unpaired) electrons. The summed E-state index contributed by atoms with van der Waals surface area (Å²) in [5.41, 5.74) is 3.37. The van der Waals surface area contributed by atoms with Gasteiger partial charge in [0.2, 0.25) is 0 Å². The lowest BCUT2D eigenvalue weighted by Gasteiger charge is -2.36. The minimum absolute atomic E-state index is 0.138.